The molecule has 1 aliphatic carbocycles. The Morgan fingerprint density at radius 1 is 0.368 bits per heavy atom. The van der Waals surface area contributed by atoms with Gasteiger partial charge in [0.05, 0.1) is 0 Å². The van der Waals surface area contributed by atoms with Crippen molar-refractivity contribution in [3.05, 3.63) is 223 Å². The van der Waals surface area contributed by atoms with Crippen molar-refractivity contribution in [1.82, 2.24) is 0 Å². The Balaban J connectivity index is 1.11. The largest absolute Gasteiger partial charge is 0.457 e. The molecule has 57 heavy (non-hydrogen) atoms. The molecule has 0 radical (unpaired) electrons. The summed E-state index contributed by atoms with van der Waals surface area (Å²) in [6.07, 6.45) is 0. The smallest absolute Gasteiger partial charge is 0.135 e. The first-order chi connectivity index (χ1) is 28.0. The number of fused-ring (bicyclic) bond motifs is 4. The molecule has 0 N–H and O–H groups in total. The van der Waals surface area contributed by atoms with Gasteiger partial charge in [-0.05, 0) is 116 Å². The molecule has 272 valence electrons. The van der Waals surface area contributed by atoms with Crippen molar-refractivity contribution >= 4 is 27.8 Å². The van der Waals surface area contributed by atoms with Gasteiger partial charge in [0.25, 0.3) is 0 Å². The second-order valence-electron chi connectivity index (χ2n) is 15.3. The first kappa shape index (κ1) is 34.3. The van der Waals surface area contributed by atoms with Crippen LogP contribution in [0.4, 0.5) is 17.1 Å². The SMILES string of the molecule is CC1(C)c2ccccc2-c2ccc(N(c3ccc(-c4ccccc4)cc3)c3ccc(-c4c(-c5ccccc5)cc(Oc5ccccc5)c5ccccc45)cc3)cc21. The lowest BCUT2D eigenvalue weighted by Crippen LogP contribution is -2.16. The number of hydrogen-bond acceptors (Lipinski definition) is 2. The zero-order valence-corrected chi connectivity index (χ0v) is 32.1. The monoisotopic (exact) mass is 731 g/mol. The summed E-state index contributed by atoms with van der Waals surface area (Å²) < 4.78 is 6.59. The fourth-order valence-electron chi connectivity index (χ4n) is 8.69. The molecule has 2 heteroatoms. The number of para-hydroxylation sites is 1. The standard InChI is InChI=1S/C55H41NO/c1-55(2)51-25-15-14-22-46(51)47-35-34-44(36-52(47)55)56(42-30-26-39(27-31-42)38-16-6-3-7-17-38)43-32-28-41(29-33-43)54-49-24-13-12-23-48(49)53(57-45-20-10-5-11-21-45)37-50(54)40-18-8-4-9-19-40/h3-37H,1-2H3. The number of benzene rings is 9. The maximum Gasteiger partial charge on any atom is 0.135 e. The van der Waals surface area contributed by atoms with E-state index in [-0.39, 0.29) is 5.41 Å². The Morgan fingerprint density at radius 3 is 1.56 bits per heavy atom. The van der Waals surface area contributed by atoms with Crippen LogP contribution in [0.3, 0.4) is 0 Å². The van der Waals surface area contributed by atoms with E-state index in [4.69, 9.17) is 4.74 Å². The Morgan fingerprint density at radius 2 is 0.877 bits per heavy atom. The molecule has 0 heterocycles. The van der Waals surface area contributed by atoms with Crippen molar-refractivity contribution < 1.29 is 4.74 Å². The summed E-state index contributed by atoms with van der Waals surface area (Å²) in [5.41, 5.74) is 15.6. The second-order valence-corrected chi connectivity index (χ2v) is 15.3. The zero-order chi connectivity index (χ0) is 38.3. The van der Waals surface area contributed by atoms with Gasteiger partial charge in [-0.3, -0.25) is 0 Å². The molecule has 0 saturated carbocycles. The van der Waals surface area contributed by atoms with Crippen molar-refractivity contribution in [2.24, 2.45) is 0 Å². The van der Waals surface area contributed by atoms with Crippen LogP contribution >= 0.6 is 0 Å². The van der Waals surface area contributed by atoms with E-state index in [1.807, 2.05) is 30.3 Å². The number of ether oxygens (including phenoxy) is 1. The summed E-state index contributed by atoms with van der Waals surface area (Å²) in [6, 6.07) is 76.0. The second kappa shape index (κ2) is 14.2. The molecule has 10 rings (SSSR count). The van der Waals surface area contributed by atoms with Crippen LogP contribution in [-0.4, -0.2) is 0 Å². The van der Waals surface area contributed by atoms with E-state index in [0.29, 0.717) is 0 Å². The molecule has 0 amide bonds. The number of rotatable bonds is 8. The Kier molecular flexibility index (Phi) is 8.53. The third kappa shape index (κ3) is 6.16. The van der Waals surface area contributed by atoms with E-state index in [1.54, 1.807) is 0 Å². The van der Waals surface area contributed by atoms with E-state index in [2.05, 4.69) is 201 Å². The van der Waals surface area contributed by atoms with Gasteiger partial charge in [0, 0.05) is 27.9 Å². The minimum Gasteiger partial charge on any atom is -0.457 e. The van der Waals surface area contributed by atoms with Gasteiger partial charge in [0.15, 0.2) is 0 Å². The maximum absolute atomic E-state index is 6.59. The highest BCUT2D eigenvalue weighted by Gasteiger charge is 2.35. The highest BCUT2D eigenvalue weighted by Crippen LogP contribution is 2.51. The van der Waals surface area contributed by atoms with Crippen molar-refractivity contribution in [3.63, 3.8) is 0 Å². The van der Waals surface area contributed by atoms with Crippen LogP contribution in [0.1, 0.15) is 25.0 Å². The highest BCUT2D eigenvalue weighted by atomic mass is 16.5. The molecule has 0 bridgehead atoms. The Hall–Kier alpha value is -7.16. The van der Waals surface area contributed by atoms with Gasteiger partial charge >= 0.3 is 0 Å². The summed E-state index contributed by atoms with van der Waals surface area (Å²) in [6.45, 7) is 4.69. The highest BCUT2D eigenvalue weighted by molar-refractivity contribution is 6.07. The fraction of sp³-hybridized carbons (Fsp3) is 0.0545. The Labute approximate surface area is 334 Å². The lowest BCUT2D eigenvalue weighted by Gasteiger charge is -2.28. The Bertz CT molecular complexity index is 2860. The van der Waals surface area contributed by atoms with E-state index >= 15 is 0 Å². The minimum atomic E-state index is -0.111. The normalized spacial score (nSPS) is 12.5. The fourth-order valence-corrected chi connectivity index (χ4v) is 8.69. The minimum absolute atomic E-state index is 0.111. The first-order valence-corrected chi connectivity index (χ1v) is 19.7. The van der Waals surface area contributed by atoms with Crippen LogP contribution in [0, 0.1) is 0 Å². The molecule has 0 aliphatic heterocycles. The summed E-state index contributed by atoms with van der Waals surface area (Å²) in [5.74, 6) is 1.65. The van der Waals surface area contributed by atoms with E-state index < -0.39 is 0 Å². The van der Waals surface area contributed by atoms with E-state index in [0.717, 1.165) is 56.0 Å². The number of nitrogens with zero attached hydrogens (tertiary/aromatic N) is 1. The average Bonchev–Trinajstić information content (AvgIpc) is 3.50. The molecule has 0 saturated heterocycles. The van der Waals surface area contributed by atoms with Gasteiger partial charge in [-0.1, -0.05) is 172 Å². The molecule has 0 atom stereocenters. The lowest BCUT2D eigenvalue weighted by molar-refractivity contribution is 0.488. The average molecular weight is 732 g/mol. The third-order valence-electron chi connectivity index (χ3n) is 11.5. The van der Waals surface area contributed by atoms with Gasteiger partial charge in [-0.15, -0.1) is 0 Å². The summed E-state index contributed by atoms with van der Waals surface area (Å²) in [5, 5.41) is 2.22. The van der Waals surface area contributed by atoms with Gasteiger partial charge in [-0.2, -0.15) is 0 Å². The molecule has 0 spiro atoms. The van der Waals surface area contributed by atoms with Crippen molar-refractivity contribution in [3.8, 4) is 56.0 Å². The van der Waals surface area contributed by atoms with E-state index in [9.17, 15) is 0 Å². The summed E-state index contributed by atoms with van der Waals surface area (Å²) in [4.78, 5) is 2.39. The quantitative estimate of drug-likeness (QED) is 0.154. The van der Waals surface area contributed by atoms with Crippen LogP contribution in [0.5, 0.6) is 11.5 Å². The molecule has 0 unspecified atom stereocenters. The molecule has 2 nitrogen and oxygen atoms in total. The maximum atomic E-state index is 6.59. The van der Waals surface area contributed by atoms with Crippen molar-refractivity contribution in [2.75, 3.05) is 4.90 Å². The first-order valence-electron chi connectivity index (χ1n) is 19.7. The predicted molar refractivity (Wildman–Crippen MR) is 239 cm³/mol. The predicted octanol–water partition coefficient (Wildman–Crippen LogP) is 15.4. The van der Waals surface area contributed by atoms with Gasteiger partial charge in [0.1, 0.15) is 11.5 Å². The molecule has 0 fully saturated rings. The van der Waals surface area contributed by atoms with Gasteiger partial charge < -0.3 is 9.64 Å². The molecular formula is C55H41NO. The van der Waals surface area contributed by atoms with Crippen LogP contribution in [0.15, 0.2) is 212 Å². The summed E-state index contributed by atoms with van der Waals surface area (Å²) >= 11 is 0. The van der Waals surface area contributed by atoms with Crippen molar-refractivity contribution in [2.45, 2.75) is 19.3 Å². The molecule has 0 aromatic heterocycles. The third-order valence-corrected chi connectivity index (χ3v) is 11.5. The summed E-state index contributed by atoms with van der Waals surface area (Å²) in [7, 11) is 0. The van der Waals surface area contributed by atoms with Crippen LogP contribution in [-0.2, 0) is 5.41 Å². The van der Waals surface area contributed by atoms with Crippen LogP contribution in [0.2, 0.25) is 0 Å². The van der Waals surface area contributed by atoms with Crippen molar-refractivity contribution in [1.29, 1.82) is 0 Å². The number of anilines is 3. The molecule has 1 aliphatic rings. The van der Waals surface area contributed by atoms with Crippen LogP contribution < -0.4 is 9.64 Å². The van der Waals surface area contributed by atoms with Gasteiger partial charge in [0.2, 0.25) is 0 Å². The number of hydrogen-bond donors (Lipinski definition) is 0. The van der Waals surface area contributed by atoms with Gasteiger partial charge in [-0.25, -0.2) is 0 Å². The zero-order valence-electron chi connectivity index (χ0n) is 32.1. The molecular weight excluding hydrogens is 691 g/mol. The molecule has 9 aromatic rings. The van der Waals surface area contributed by atoms with Crippen LogP contribution in [0.25, 0.3) is 55.3 Å². The van der Waals surface area contributed by atoms with E-state index in [1.165, 1.54) is 38.9 Å². The lowest BCUT2D eigenvalue weighted by atomic mass is 9.82. The topological polar surface area (TPSA) is 12.5 Å². The molecule has 9 aromatic carbocycles.